The standard InChI is InChI=1S/C9H13N7O2/c1-4-18-9(17)8-6(2)16(14-11-8)5-7-10-13-15(3)12-7/h4-5H2,1-3H3. The molecule has 2 aromatic heterocycles. The van der Waals surface area contributed by atoms with Crippen molar-refractivity contribution >= 4 is 5.97 Å². The van der Waals surface area contributed by atoms with Crippen molar-refractivity contribution in [2.45, 2.75) is 20.4 Å². The highest BCUT2D eigenvalue weighted by atomic mass is 16.5. The molecule has 0 unspecified atom stereocenters. The van der Waals surface area contributed by atoms with Gasteiger partial charge in [0.05, 0.1) is 19.3 Å². The Kier molecular flexibility index (Phi) is 3.31. The molecule has 2 heterocycles. The minimum Gasteiger partial charge on any atom is -0.461 e. The molecule has 0 aromatic carbocycles. The van der Waals surface area contributed by atoms with Crippen molar-refractivity contribution in [3.63, 3.8) is 0 Å². The number of carbonyl (C=O) groups is 1. The molecule has 0 saturated carbocycles. The summed E-state index contributed by atoms with van der Waals surface area (Å²) in [6.07, 6.45) is 0. The predicted octanol–water partition coefficient (Wildman–Crippen LogP) is -0.665. The van der Waals surface area contributed by atoms with Crippen molar-refractivity contribution in [3.05, 3.63) is 17.2 Å². The molecule has 0 saturated heterocycles. The van der Waals surface area contributed by atoms with Crippen LogP contribution >= 0.6 is 0 Å². The van der Waals surface area contributed by atoms with Crippen molar-refractivity contribution in [1.82, 2.24) is 35.2 Å². The molecular weight excluding hydrogens is 238 g/mol. The fourth-order valence-corrected chi connectivity index (χ4v) is 1.42. The molecule has 0 N–H and O–H groups in total. The van der Waals surface area contributed by atoms with Gasteiger partial charge in [0.15, 0.2) is 11.5 Å². The first kappa shape index (κ1) is 12.1. The van der Waals surface area contributed by atoms with Gasteiger partial charge in [0, 0.05) is 0 Å². The average Bonchev–Trinajstić information content (AvgIpc) is 2.88. The second-order valence-corrected chi connectivity index (χ2v) is 3.60. The number of rotatable bonds is 4. The van der Waals surface area contributed by atoms with Gasteiger partial charge in [0.2, 0.25) is 0 Å². The van der Waals surface area contributed by atoms with E-state index in [-0.39, 0.29) is 5.69 Å². The molecule has 0 atom stereocenters. The fourth-order valence-electron chi connectivity index (χ4n) is 1.42. The molecule has 0 fully saturated rings. The minimum atomic E-state index is -0.478. The Morgan fingerprint density at radius 2 is 2.11 bits per heavy atom. The summed E-state index contributed by atoms with van der Waals surface area (Å²) in [5.41, 5.74) is 0.821. The van der Waals surface area contributed by atoms with E-state index in [0.29, 0.717) is 24.7 Å². The average molecular weight is 251 g/mol. The Bertz CT molecular complexity index is 559. The molecule has 0 aliphatic carbocycles. The number of hydrogen-bond donors (Lipinski definition) is 0. The molecule has 18 heavy (non-hydrogen) atoms. The zero-order chi connectivity index (χ0) is 13.1. The largest absolute Gasteiger partial charge is 0.461 e. The van der Waals surface area contributed by atoms with E-state index >= 15 is 0 Å². The van der Waals surface area contributed by atoms with Gasteiger partial charge in [-0.2, -0.15) is 4.80 Å². The van der Waals surface area contributed by atoms with Crippen molar-refractivity contribution < 1.29 is 9.53 Å². The molecule has 0 radical (unpaired) electrons. The normalized spacial score (nSPS) is 10.6. The topological polar surface area (TPSA) is 101 Å². The first-order valence-electron chi connectivity index (χ1n) is 5.42. The van der Waals surface area contributed by atoms with Gasteiger partial charge in [0.25, 0.3) is 0 Å². The third kappa shape index (κ3) is 2.34. The maximum Gasteiger partial charge on any atom is 0.360 e. The van der Waals surface area contributed by atoms with Crippen LogP contribution in [0.1, 0.15) is 28.9 Å². The van der Waals surface area contributed by atoms with Crippen molar-refractivity contribution in [3.8, 4) is 0 Å². The van der Waals surface area contributed by atoms with Crippen LogP contribution in [-0.2, 0) is 18.3 Å². The van der Waals surface area contributed by atoms with Crippen LogP contribution in [-0.4, -0.2) is 47.8 Å². The number of carbonyl (C=O) groups excluding carboxylic acids is 1. The molecular formula is C9H13N7O2. The molecule has 0 bridgehead atoms. The molecule has 2 aromatic rings. The Hall–Kier alpha value is -2.32. The van der Waals surface area contributed by atoms with Gasteiger partial charge in [-0.15, -0.1) is 15.3 Å². The van der Waals surface area contributed by atoms with E-state index in [0.717, 1.165) is 0 Å². The lowest BCUT2D eigenvalue weighted by Crippen LogP contribution is -2.09. The molecule has 9 heteroatoms. The highest BCUT2D eigenvalue weighted by Gasteiger charge is 2.18. The second-order valence-electron chi connectivity index (χ2n) is 3.60. The molecule has 9 nitrogen and oxygen atoms in total. The number of nitrogens with zero attached hydrogens (tertiary/aromatic N) is 7. The molecule has 0 aliphatic heterocycles. The van der Waals surface area contributed by atoms with E-state index in [1.807, 2.05) is 0 Å². The molecule has 2 rings (SSSR count). The summed E-state index contributed by atoms with van der Waals surface area (Å²) in [7, 11) is 1.68. The van der Waals surface area contributed by atoms with Crippen molar-refractivity contribution in [2.24, 2.45) is 7.05 Å². The third-order valence-corrected chi connectivity index (χ3v) is 2.29. The summed E-state index contributed by atoms with van der Waals surface area (Å²) >= 11 is 0. The molecule has 0 aliphatic rings. The molecule has 0 spiro atoms. The van der Waals surface area contributed by atoms with E-state index in [9.17, 15) is 4.79 Å². The fraction of sp³-hybridized carbons (Fsp3) is 0.556. The Balaban J connectivity index is 2.18. The maximum atomic E-state index is 11.5. The van der Waals surface area contributed by atoms with Crippen LogP contribution in [0.5, 0.6) is 0 Å². The lowest BCUT2D eigenvalue weighted by Gasteiger charge is -2.00. The van der Waals surface area contributed by atoms with Crippen LogP contribution in [0.4, 0.5) is 0 Å². The molecule has 96 valence electrons. The van der Waals surface area contributed by atoms with E-state index < -0.39 is 5.97 Å². The van der Waals surface area contributed by atoms with Gasteiger partial charge in [0.1, 0.15) is 6.54 Å². The van der Waals surface area contributed by atoms with Gasteiger partial charge in [-0.25, -0.2) is 9.48 Å². The van der Waals surface area contributed by atoms with E-state index in [4.69, 9.17) is 4.74 Å². The van der Waals surface area contributed by atoms with Crippen LogP contribution in [0.3, 0.4) is 0 Å². The number of aromatic nitrogens is 7. The first-order chi connectivity index (χ1) is 8.61. The van der Waals surface area contributed by atoms with Crippen LogP contribution in [0, 0.1) is 6.92 Å². The van der Waals surface area contributed by atoms with Gasteiger partial charge < -0.3 is 4.74 Å². The highest BCUT2D eigenvalue weighted by Crippen LogP contribution is 2.06. The van der Waals surface area contributed by atoms with Crippen LogP contribution < -0.4 is 0 Å². The first-order valence-corrected chi connectivity index (χ1v) is 5.42. The Labute approximate surface area is 103 Å². The smallest absolute Gasteiger partial charge is 0.360 e. The number of hydrogen-bond acceptors (Lipinski definition) is 7. The Morgan fingerprint density at radius 3 is 2.72 bits per heavy atom. The highest BCUT2D eigenvalue weighted by molar-refractivity contribution is 5.88. The zero-order valence-electron chi connectivity index (χ0n) is 10.4. The minimum absolute atomic E-state index is 0.209. The van der Waals surface area contributed by atoms with E-state index in [2.05, 4.69) is 25.7 Å². The maximum absolute atomic E-state index is 11.5. The van der Waals surface area contributed by atoms with Crippen molar-refractivity contribution in [1.29, 1.82) is 0 Å². The third-order valence-electron chi connectivity index (χ3n) is 2.29. The monoisotopic (exact) mass is 251 g/mol. The van der Waals surface area contributed by atoms with Gasteiger partial charge in [-0.3, -0.25) is 0 Å². The number of ether oxygens (including phenoxy) is 1. The summed E-state index contributed by atoms with van der Waals surface area (Å²) in [5.74, 6) is 0.0225. The lowest BCUT2D eigenvalue weighted by molar-refractivity contribution is 0.0518. The lowest BCUT2D eigenvalue weighted by atomic mass is 10.3. The quantitative estimate of drug-likeness (QED) is 0.664. The van der Waals surface area contributed by atoms with Crippen LogP contribution in [0.25, 0.3) is 0 Å². The summed E-state index contributed by atoms with van der Waals surface area (Å²) in [4.78, 5) is 12.9. The SMILES string of the molecule is CCOC(=O)c1nnn(Cc2nnn(C)n2)c1C. The summed E-state index contributed by atoms with van der Waals surface area (Å²) < 4.78 is 6.40. The second kappa shape index (κ2) is 4.90. The number of esters is 1. The zero-order valence-corrected chi connectivity index (χ0v) is 10.4. The summed E-state index contributed by atoms with van der Waals surface area (Å²) in [6.45, 7) is 4.09. The van der Waals surface area contributed by atoms with Gasteiger partial charge >= 0.3 is 5.97 Å². The van der Waals surface area contributed by atoms with Gasteiger partial charge in [-0.05, 0) is 19.1 Å². The van der Waals surface area contributed by atoms with E-state index in [1.165, 1.54) is 9.48 Å². The Morgan fingerprint density at radius 1 is 1.33 bits per heavy atom. The van der Waals surface area contributed by atoms with Crippen molar-refractivity contribution in [2.75, 3.05) is 6.61 Å². The van der Waals surface area contributed by atoms with Gasteiger partial charge in [-0.1, -0.05) is 5.21 Å². The number of tetrazole rings is 1. The van der Waals surface area contributed by atoms with Crippen LogP contribution in [0.15, 0.2) is 0 Å². The molecule has 0 amide bonds. The number of aryl methyl sites for hydroxylation is 1. The summed E-state index contributed by atoms with van der Waals surface area (Å²) in [5, 5.41) is 19.2. The predicted molar refractivity (Wildman–Crippen MR) is 58.6 cm³/mol. The summed E-state index contributed by atoms with van der Waals surface area (Å²) in [6, 6.07) is 0. The van der Waals surface area contributed by atoms with Crippen LogP contribution in [0.2, 0.25) is 0 Å². The van der Waals surface area contributed by atoms with E-state index in [1.54, 1.807) is 20.9 Å².